The Labute approximate surface area is 69.9 Å². The fourth-order valence-corrected chi connectivity index (χ4v) is 1.65. The minimum atomic E-state index is 1.35. The maximum Gasteiger partial charge on any atom is -0.0398 e. The second-order valence-electron chi connectivity index (χ2n) is 3.10. The van der Waals surface area contributed by atoms with E-state index >= 15 is 0 Å². The Bertz CT molecular complexity index is 241. The van der Waals surface area contributed by atoms with Crippen LogP contribution in [0.5, 0.6) is 0 Å². The molecule has 0 unspecified atom stereocenters. The van der Waals surface area contributed by atoms with Crippen molar-refractivity contribution in [3.63, 3.8) is 0 Å². The second kappa shape index (κ2) is 3.12. The van der Waals surface area contributed by atoms with E-state index in [1.807, 2.05) is 0 Å². The predicted octanol–water partition coefficient (Wildman–Crippen LogP) is 1.99. The molecule has 1 aromatic rings. The molecular formula is C10H14B-. The number of hydrogen-bond acceptors (Lipinski definition) is 0. The van der Waals surface area contributed by atoms with Crippen LogP contribution in [0.2, 0.25) is 6.82 Å². The molecule has 0 atom stereocenters. The highest BCUT2D eigenvalue weighted by atomic mass is 14.0. The molecule has 2 radical (unpaired) electrons. The summed E-state index contributed by atoms with van der Waals surface area (Å²) in [6.07, 6.45) is 0. The van der Waals surface area contributed by atoms with Gasteiger partial charge >= 0.3 is 0 Å². The maximum absolute atomic E-state index is 2.22. The van der Waals surface area contributed by atoms with Crippen LogP contribution in [0.1, 0.15) is 16.7 Å². The summed E-state index contributed by atoms with van der Waals surface area (Å²) in [6.45, 7) is 8.55. The van der Waals surface area contributed by atoms with Gasteiger partial charge in [-0.3, -0.25) is 5.46 Å². The Morgan fingerprint density at radius 1 is 1.00 bits per heavy atom. The van der Waals surface area contributed by atoms with Gasteiger partial charge in [0.25, 0.3) is 0 Å². The molecule has 0 amide bonds. The summed E-state index contributed by atoms with van der Waals surface area (Å²) < 4.78 is 0. The molecule has 1 aromatic carbocycles. The van der Waals surface area contributed by atoms with Gasteiger partial charge in [0.15, 0.2) is 0 Å². The average molecular weight is 145 g/mol. The average Bonchev–Trinajstić information content (AvgIpc) is 1.85. The van der Waals surface area contributed by atoms with Crippen LogP contribution in [0.3, 0.4) is 0 Å². The monoisotopic (exact) mass is 145 g/mol. The summed E-state index contributed by atoms with van der Waals surface area (Å²) >= 11 is 0. The van der Waals surface area contributed by atoms with E-state index in [0.717, 1.165) is 0 Å². The third-order valence-electron chi connectivity index (χ3n) is 2.03. The van der Waals surface area contributed by atoms with Crippen molar-refractivity contribution in [2.75, 3.05) is 0 Å². The Morgan fingerprint density at radius 2 is 1.45 bits per heavy atom. The molecule has 0 spiro atoms. The molecule has 1 heteroatoms. The first kappa shape index (κ1) is 8.38. The molecular weight excluding hydrogens is 131 g/mol. The quantitative estimate of drug-likeness (QED) is 0.530. The van der Waals surface area contributed by atoms with Gasteiger partial charge in [-0.1, -0.05) is 28.8 Å². The van der Waals surface area contributed by atoms with Gasteiger partial charge in [-0.05, 0) is 20.8 Å². The largest absolute Gasteiger partial charge is 0.300 e. The van der Waals surface area contributed by atoms with Crippen LogP contribution >= 0.6 is 0 Å². The lowest BCUT2D eigenvalue weighted by molar-refractivity contribution is 1.35. The fraction of sp³-hybridized carbons (Fsp3) is 0.400. The van der Waals surface area contributed by atoms with Crippen LogP contribution in [0, 0.1) is 20.8 Å². The van der Waals surface area contributed by atoms with Crippen molar-refractivity contribution in [1.82, 2.24) is 0 Å². The van der Waals surface area contributed by atoms with E-state index in [1.54, 1.807) is 0 Å². The van der Waals surface area contributed by atoms with E-state index in [1.165, 1.54) is 22.2 Å². The number of benzene rings is 1. The summed E-state index contributed by atoms with van der Waals surface area (Å²) in [5, 5.41) is 0. The van der Waals surface area contributed by atoms with Crippen LogP contribution in [0.4, 0.5) is 0 Å². The SMILES string of the molecule is C[B-]c1c(C)cc(C)cc1C. The summed E-state index contributed by atoms with van der Waals surface area (Å²) in [4.78, 5) is 0. The minimum Gasteiger partial charge on any atom is -0.300 e. The molecule has 58 valence electrons. The summed E-state index contributed by atoms with van der Waals surface area (Å²) in [5.41, 5.74) is 5.50. The van der Waals surface area contributed by atoms with Crippen LogP contribution in [0.25, 0.3) is 0 Å². The van der Waals surface area contributed by atoms with Gasteiger partial charge in [0.05, 0.1) is 0 Å². The standard InChI is InChI=1S/C10H14B/c1-7-5-8(2)10(11-4)9(3)6-7/h5-6H,1-4H3/q-1. The van der Waals surface area contributed by atoms with Crippen molar-refractivity contribution in [2.45, 2.75) is 27.6 Å². The molecule has 0 bridgehead atoms. The van der Waals surface area contributed by atoms with E-state index < -0.39 is 0 Å². The topological polar surface area (TPSA) is 0 Å². The van der Waals surface area contributed by atoms with Crippen LogP contribution in [-0.2, 0) is 0 Å². The molecule has 0 aliphatic carbocycles. The molecule has 0 N–H and O–H groups in total. The van der Waals surface area contributed by atoms with Crippen molar-refractivity contribution in [1.29, 1.82) is 0 Å². The highest BCUT2D eigenvalue weighted by molar-refractivity contribution is 6.53. The lowest BCUT2D eigenvalue weighted by atomic mass is 9.68. The van der Waals surface area contributed by atoms with Gasteiger partial charge in [0, 0.05) is 0 Å². The van der Waals surface area contributed by atoms with Gasteiger partial charge in [-0.25, -0.2) is 6.82 Å². The molecule has 0 heterocycles. The van der Waals surface area contributed by atoms with E-state index in [4.69, 9.17) is 0 Å². The van der Waals surface area contributed by atoms with E-state index in [-0.39, 0.29) is 0 Å². The Kier molecular flexibility index (Phi) is 2.38. The van der Waals surface area contributed by atoms with Crippen molar-refractivity contribution < 1.29 is 0 Å². The van der Waals surface area contributed by atoms with Crippen molar-refractivity contribution in [3.8, 4) is 0 Å². The van der Waals surface area contributed by atoms with Gasteiger partial charge < -0.3 is 7.28 Å². The summed E-state index contributed by atoms with van der Waals surface area (Å²) in [6, 6.07) is 4.45. The highest BCUT2D eigenvalue weighted by Crippen LogP contribution is 2.04. The zero-order valence-corrected chi connectivity index (χ0v) is 7.73. The van der Waals surface area contributed by atoms with E-state index in [9.17, 15) is 0 Å². The maximum atomic E-state index is 2.22. The molecule has 0 saturated carbocycles. The van der Waals surface area contributed by atoms with Gasteiger partial charge in [0.1, 0.15) is 0 Å². The van der Waals surface area contributed by atoms with Crippen molar-refractivity contribution in [3.05, 3.63) is 28.8 Å². The third-order valence-corrected chi connectivity index (χ3v) is 2.03. The van der Waals surface area contributed by atoms with Gasteiger partial charge in [-0.2, -0.15) is 0 Å². The lowest BCUT2D eigenvalue weighted by Gasteiger charge is -2.19. The predicted molar refractivity (Wildman–Crippen MR) is 51.9 cm³/mol. The highest BCUT2D eigenvalue weighted by Gasteiger charge is 1.91. The van der Waals surface area contributed by atoms with Gasteiger partial charge in [-0.15, -0.1) is 0 Å². The smallest absolute Gasteiger partial charge is 0.0398 e. The molecule has 11 heavy (non-hydrogen) atoms. The molecule has 0 aliphatic rings. The summed E-state index contributed by atoms with van der Waals surface area (Å²) in [7, 11) is 2.17. The first-order valence-electron chi connectivity index (χ1n) is 4.02. The zero-order valence-electron chi connectivity index (χ0n) is 7.73. The summed E-state index contributed by atoms with van der Waals surface area (Å²) in [5.74, 6) is 0. The first-order valence-corrected chi connectivity index (χ1v) is 4.02. The Balaban J connectivity index is 3.25. The fourth-order valence-electron chi connectivity index (χ4n) is 1.65. The van der Waals surface area contributed by atoms with Crippen LogP contribution in [-0.4, -0.2) is 7.28 Å². The molecule has 0 aromatic heterocycles. The molecule has 0 nitrogen and oxygen atoms in total. The third kappa shape index (κ3) is 1.65. The second-order valence-corrected chi connectivity index (χ2v) is 3.10. The van der Waals surface area contributed by atoms with Crippen LogP contribution in [0.15, 0.2) is 12.1 Å². The molecule has 0 fully saturated rings. The lowest BCUT2D eigenvalue weighted by Crippen LogP contribution is -2.18. The van der Waals surface area contributed by atoms with Crippen molar-refractivity contribution in [2.24, 2.45) is 0 Å². The zero-order chi connectivity index (χ0) is 8.43. The Morgan fingerprint density at radius 3 is 1.82 bits per heavy atom. The first-order chi connectivity index (χ1) is 5.15. The molecule has 1 rings (SSSR count). The normalized spacial score (nSPS) is 10.2. The number of aryl methyl sites for hydroxylation is 3. The van der Waals surface area contributed by atoms with E-state index in [2.05, 4.69) is 47.0 Å². The Hall–Kier alpha value is -0.715. The number of hydrogen-bond donors (Lipinski definition) is 0. The molecule has 0 saturated heterocycles. The number of rotatable bonds is 1. The van der Waals surface area contributed by atoms with E-state index in [0.29, 0.717) is 0 Å². The van der Waals surface area contributed by atoms with Crippen LogP contribution < -0.4 is 5.46 Å². The minimum absolute atomic E-state index is 1.35. The molecule has 0 aliphatic heterocycles. The van der Waals surface area contributed by atoms with Gasteiger partial charge in [0.2, 0.25) is 0 Å². The van der Waals surface area contributed by atoms with Crippen molar-refractivity contribution >= 4 is 12.7 Å².